The Kier molecular flexibility index (Phi) is 3.47. The monoisotopic (exact) mass is 296 g/mol. The van der Waals surface area contributed by atoms with Gasteiger partial charge in [0.25, 0.3) is 0 Å². The summed E-state index contributed by atoms with van der Waals surface area (Å²) < 4.78 is 38.0. The fraction of sp³-hybridized carbons (Fsp3) is 0.222. The van der Waals surface area contributed by atoms with Crippen molar-refractivity contribution >= 4 is 33.1 Å². The molecule has 0 heterocycles. The molecule has 0 aliphatic carbocycles. The molecule has 0 atom stereocenters. The summed E-state index contributed by atoms with van der Waals surface area (Å²) in [6.45, 7) is 0. The van der Waals surface area contributed by atoms with Crippen LogP contribution in [0.5, 0.6) is 0 Å². The number of nitrogens with two attached hydrogens (primary N) is 2. The molecule has 0 saturated carbocycles. The average molecular weight is 297 g/mol. The number of alkyl halides is 4. The highest BCUT2D eigenvalue weighted by Gasteiger charge is 2.37. The van der Waals surface area contributed by atoms with E-state index in [1.807, 2.05) is 0 Å². The van der Waals surface area contributed by atoms with E-state index in [1.54, 1.807) is 0 Å². The van der Waals surface area contributed by atoms with Crippen molar-refractivity contribution in [1.29, 1.82) is 0 Å². The number of carbonyl (C=O) groups excluding carboxylic acids is 1. The molecule has 1 rings (SSSR count). The van der Waals surface area contributed by atoms with E-state index >= 15 is 0 Å². The Labute approximate surface area is 97.7 Å². The molecule has 0 aliphatic rings. The summed E-state index contributed by atoms with van der Waals surface area (Å²) >= 11 is 2.81. The van der Waals surface area contributed by atoms with Gasteiger partial charge in [-0.3, -0.25) is 4.79 Å². The number of Topliss-reactive ketones (excluding diaryl/α,β-unsaturated/α-hetero) is 1. The summed E-state index contributed by atoms with van der Waals surface area (Å²) in [6.07, 6.45) is -4.70. The number of hydrogen-bond donors (Lipinski definition) is 2. The third kappa shape index (κ3) is 2.29. The van der Waals surface area contributed by atoms with Gasteiger partial charge in [-0.05, 0) is 12.1 Å². The molecule has 0 aromatic heterocycles. The zero-order valence-corrected chi connectivity index (χ0v) is 9.52. The van der Waals surface area contributed by atoms with Crippen LogP contribution in [0.15, 0.2) is 12.1 Å². The van der Waals surface area contributed by atoms with E-state index < -0.39 is 28.8 Å². The lowest BCUT2D eigenvalue weighted by molar-refractivity contribution is -0.137. The molecule has 16 heavy (non-hydrogen) atoms. The molecule has 0 bridgehead atoms. The zero-order valence-electron chi connectivity index (χ0n) is 7.94. The number of nitrogen functional groups attached to an aromatic ring is 2. The first-order valence-corrected chi connectivity index (χ1v) is 5.25. The summed E-state index contributed by atoms with van der Waals surface area (Å²) in [4.78, 5) is 11.3. The van der Waals surface area contributed by atoms with Crippen molar-refractivity contribution in [3.8, 4) is 0 Å². The summed E-state index contributed by atoms with van der Waals surface area (Å²) in [5.74, 6) is -0.695. The Morgan fingerprint density at radius 3 is 2.31 bits per heavy atom. The van der Waals surface area contributed by atoms with Crippen molar-refractivity contribution in [3.05, 3.63) is 23.3 Å². The van der Waals surface area contributed by atoms with Crippen molar-refractivity contribution in [1.82, 2.24) is 0 Å². The Balaban J connectivity index is 3.52. The standard InChI is InChI=1S/C9H8BrF3N2O/c10-3-6(16)4-1-2-5(14)8(15)7(4)9(11,12)13/h1-2H,3,14-15H2. The summed E-state index contributed by atoms with van der Waals surface area (Å²) in [5.41, 5.74) is 8.08. The maximum Gasteiger partial charge on any atom is 0.419 e. The third-order valence-corrected chi connectivity index (χ3v) is 2.49. The van der Waals surface area contributed by atoms with Crippen LogP contribution in [0.4, 0.5) is 24.5 Å². The first-order valence-electron chi connectivity index (χ1n) is 4.13. The van der Waals surface area contributed by atoms with E-state index in [2.05, 4.69) is 15.9 Å². The number of rotatable bonds is 2. The minimum Gasteiger partial charge on any atom is -0.397 e. The largest absolute Gasteiger partial charge is 0.419 e. The quantitative estimate of drug-likeness (QED) is 0.500. The van der Waals surface area contributed by atoms with E-state index in [9.17, 15) is 18.0 Å². The lowest BCUT2D eigenvalue weighted by Gasteiger charge is -2.15. The summed E-state index contributed by atoms with van der Waals surface area (Å²) in [7, 11) is 0. The average Bonchev–Trinajstić information content (AvgIpc) is 2.18. The zero-order chi connectivity index (χ0) is 12.5. The highest BCUT2D eigenvalue weighted by molar-refractivity contribution is 9.09. The second kappa shape index (κ2) is 4.32. The van der Waals surface area contributed by atoms with Gasteiger partial charge in [-0.15, -0.1) is 0 Å². The molecule has 1 aromatic carbocycles. The molecule has 0 amide bonds. The number of benzene rings is 1. The third-order valence-electron chi connectivity index (χ3n) is 1.98. The first kappa shape index (κ1) is 12.8. The van der Waals surface area contributed by atoms with Crippen LogP contribution in [0.3, 0.4) is 0 Å². The van der Waals surface area contributed by atoms with Crippen molar-refractivity contribution in [3.63, 3.8) is 0 Å². The topological polar surface area (TPSA) is 69.1 Å². The fourth-order valence-corrected chi connectivity index (χ4v) is 1.55. The van der Waals surface area contributed by atoms with E-state index in [0.717, 1.165) is 6.07 Å². The van der Waals surface area contributed by atoms with Crippen LogP contribution >= 0.6 is 15.9 Å². The van der Waals surface area contributed by atoms with Gasteiger partial charge in [0.15, 0.2) is 5.78 Å². The van der Waals surface area contributed by atoms with Crippen LogP contribution in [0.2, 0.25) is 0 Å². The number of ketones is 1. The molecule has 88 valence electrons. The number of hydrogen-bond acceptors (Lipinski definition) is 3. The van der Waals surface area contributed by atoms with Crippen LogP contribution in [-0.4, -0.2) is 11.1 Å². The molecule has 7 heteroatoms. The first-order chi connectivity index (χ1) is 7.29. The van der Waals surface area contributed by atoms with Crippen LogP contribution in [0.25, 0.3) is 0 Å². The van der Waals surface area contributed by atoms with Crippen LogP contribution in [0, 0.1) is 0 Å². The molecular formula is C9H8BrF3N2O. The minimum absolute atomic E-state index is 0.196. The lowest BCUT2D eigenvalue weighted by Crippen LogP contribution is -2.17. The summed E-state index contributed by atoms with van der Waals surface area (Å²) in [5, 5.41) is -0.209. The maximum atomic E-state index is 12.7. The van der Waals surface area contributed by atoms with Gasteiger partial charge < -0.3 is 11.5 Å². The van der Waals surface area contributed by atoms with E-state index in [4.69, 9.17) is 11.5 Å². The predicted molar refractivity (Wildman–Crippen MR) is 58.4 cm³/mol. The van der Waals surface area contributed by atoms with E-state index in [0.29, 0.717) is 0 Å². The molecule has 0 unspecified atom stereocenters. The van der Waals surface area contributed by atoms with Crippen molar-refractivity contribution in [2.45, 2.75) is 6.18 Å². The molecule has 0 saturated heterocycles. The van der Waals surface area contributed by atoms with Crippen LogP contribution < -0.4 is 11.5 Å². The van der Waals surface area contributed by atoms with Gasteiger partial charge in [0.2, 0.25) is 0 Å². The van der Waals surface area contributed by atoms with Gasteiger partial charge in [0.1, 0.15) is 0 Å². The molecular weight excluding hydrogens is 289 g/mol. The van der Waals surface area contributed by atoms with E-state index in [-0.39, 0.29) is 11.0 Å². The highest BCUT2D eigenvalue weighted by atomic mass is 79.9. The number of carbonyl (C=O) groups is 1. The Morgan fingerprint density at radius 1 is 1.31 bits per heavy atom. The Hall–Kier alpha value is -1.24. The fourth-order valence-electron chi connectivity index (χ4n) is 1.25. The Morgan fingerprint density at radius 2 is 1.88 bits per heavy atom. The van der Waals surface area contributed by atoms with Crippen molar-refractivity contribution < 1.29 is 18.0 Å². The molecule has 0 fully saturated rings. The van der Waals surface area contributed by atoms with Crippen molar-refractivity contribution in [2.24, 2.45) is 0 Å². The van der Waals surface area contributed by atoms with Crippen molar-refractivity contribution in [2.75, 3.05) is 16.8 Å². The molecule has 1 aromatic rings. The van der Waals surface area contributed by atoms with E-state index in [1.165, 1.54) is 6.07 Å². The predicted octanol–water partition coefficient (Wildman–Crippen LogP) is 2.45. The molecule has 0 radical (unpaired) electrons. The molecule has 4 N–H and O–H groups in total. The van der Waals surface area contributed by atoms with Crippen LogP contribution in [0.1, 0.15) is 15.9 Å². The minimum atomic E-state index is -4.70. The maximum absolute atomic E-state index is 12.7. The SMILES string of the molecule is Nc1ccc(C(=O)CBr)c(C(F)(F)F)c1N. The van der Waals surface area contributed by atoms with Gasteiger partial charge >= 0.3 is 6.18 Å². The van der Waals surface area contributed by atoms with Crippen LogP contribution in [-0.2, 0) is 6.18 Å². The Bertz CT molecular complexity index is 431. The molecule has 0 aliphatic heterocycles. The lowest BCUT2D eigenvalue weighted by atomic mass is 10.0. The number of anilines is 2. The molecule has 0 spiro atoms. The number of halogens is 4. The smallest absolute Gasteiger partial charge is 0.397 e. The van der Waals surface area contributed by atoms with Gasteiger partial charge in [0, 0.05) is 5.56 Å². The summed E-state index contributed by atoms with van der Waals surface area (Å²) in [6, 6.07) is 2.21. The highest BCUT2D eigenvalue weighted by Crippen LogP contribution is 2.39. The van der Waals surface area contributed by atoms with Gasteiger partial charge in [0.05, 0.1) is 22.3 Å². The molecule has 3 nitrogen and oxygen atoms in total. The van der Waals surface area contributed by atoms with Gasteiger partial charge in [-0.2, -0.15) is 13.2 Å². The normalized spacial score (nSPS) is 11.5. The second-order valence-electron chi connectivity index (χ2n) is 3.05. The van der Waals surface area contributed by atoms with Gasteiger partial charge in [-0.1, -0.05) is 15.9 Å². The van der Waals surface area contributed by atoms with Gasteiger partial charge in [-0.25, -0.2) is 0 Å². The second-order valence-corrected chi connectivity index (χ2v) is 3.61.